The quantitative estimate of drug-likeness (QED) is 0.803. The highest BCUT2D eigenvalue weighted by molar-refractivity contribution is 7.80. The van der Waals surface area contributed by atoms with Crippen molar-refractivity contribution in [3.8, 4) is 0 Å². The van der Waals surface area contributed by atoms with Crippen molar-refractivity contribution < 1.29 is 0 Å². The van der Waals surface area contributed by atoms with Crippen LogP contribution in [0.4, 0.5) is 5.82 Å². The molecular formula is C12H18N4S. The zero-order chi connectivity index (χ0) is 12.4. The molecule has 1 saturated carbocycles. The van der Waals surface area contributed by atoms with Crippen LogP contribution in [0.2, 0.25) is 0 Å². The number of thiocarbonyl (C=S) groups is 1. The SMILES string of the molecule is CC1CCC(Nc2cnc(C(N)=S)cn2)C1C. The molecule has 3 N–H and O–H groups in total. The second kappa shape index (κ2) is 4.96. The van der Waals surface area contributed by atoms with Crippen LogP contribution in [0.5, 0.6) is 0 Å². The molecular weight excluding hydrogens is 232 g/mol. The number of hydrogen-bond donors (Lipinski definition) is 2. The Kier molecular flexibility index (Phi) is 3.57. The lowest BCUT2D eigenvalue weighted by molar-refractivity contribution is 0.435. The minimum absolute atomic E-state index is 0.284. The van der Waals surface area contributed by atoms with E-state index >= 15 is 0 Å². The van der Waals surface area contributed by atoms with Crippen LogP contribution in [-0.4, -0.2) is 21.0 Å². The average Bonchev–Trinajstić information content (AvgIpc) is 2.62. The van der Waals surface area contributed by atoms with Gasteiger partial charge in [-0.25, -0.2) is 9.97 Å². The van der Waals surface area contributed by atoms with Gasteiger partial charge in [0, 0.05) is 6.04 Å². The van der Waals surface area contributed by atoms with Crippen LogP contribution in [0, 0.1) is 11.8 Å². The molecule has 17 heavy (non-hydrogen) atoms. The Labute approximate surface area is 107 Å². The van der Waals surface area contributed by atoms with Crippen molar-refractivity contribution in [3.63, 3.8) is 0 Å². The van der Waals surface area contributed by atoms with E-state index in [4.69, 9.17) is 18.0 Å². The molecule has 5 heteroatoms. The molecule has 1 aliphatic rings. The Morgan fingerprint density at radius 2 is 2.12 bits per heavy atom. The highest BCUT2D eigenvalue weighted by Crippen LogP contribution is 2.32. The van der Waals surface area contributed by atoms with Crippen molar-refractivity contribution in [1.82, 2.24) is 9.97 Å². The van der Waals surface area contributed by atoms with Gasteiger partial charge in [-0.2, -0.15) is 0 Å². The first-order chi connectivity index (χ1) is 8.08. The highest BCUT2D eigenvalue weighted by atomic mass is 32.1. The summed E-state index contributed by atoms with van der Waals surface area (Å²) in [5.41, 5.74) is 6.04. The summed E-state index contributed by atoms with van der Waals surface area (Å²) in [4.78, 5) is 8.74. The summed E-state index contributed by atoms with van der Waals surface area (Å²) >= 11 is 4.84. The van der Waals surface area contributed by atoms with Gasteiger partial charge >= 0.3 is 0 Å². The number of nitrogens with one attached hydrogen (secondary N) is 1. The molecule has 1 heterocycles. The molecule has 1 aromatic heterocycles. The number of nitrogens with zero attached hydrogens (tertiary/aromatic N) is 2. The first-order valence-electron chi connectivity index (χ1n) is 5.96. The van der Waals surface area contributed by atoms with Crippen LogP contribution in [0.25, 0.3) is 0 Å². The van der Waals surface area contributed by atoms with Gasteiger partial charge in [0.15, 0.2) is 0 Å². The van der Waals surface area contributed by atoms with E-state index in [0.717, 1.165) is 11.7 Å². The molecule has 0 aliphatic heterocycles. The van der Waals surface area contributed by atoms with E-state index < -0.39 is 0 Å². The van der Waals surface area contributed by atoms with Gasteiger partial charge in [0.2, 0.25) is 0 Å². The molecule has 92 valence electrons. The molecule has 1 aromatic rings. The third kappa shape index (κ3) is 2.72. The maximum atomic E-state index is 5.48. The maximum Gasteiger partial charge on any atom is 0.144 e. The third-order valence-electron chi connectivity index (χ3n) is 3.70. The number of rotatable bonds is 3. The topological polar surface area (TPSA) is 63.8 Å². The van der Waals surface area contributed by atoms with Crippen molar-refractivity contribution in [1.29, 1.82) is 0 Å². The van der Waals surface area contributed by atoms with Gasteiger partial charge in [-0.05, 0) is 24.7 Å². The van der Waals surface area contributed by atoms with E-state index in [2.05, 4.69) is 29.1 Å². The summed E-state index contributed by atoms with van der Waals surface area (Å²) in [6.45, 7) is 4.58. The fraction of sp³-hybridized carbons (Fsp3) is 0.583. The second-order valence-electron chi connectivity index (χ2n) is 4.82. The van der Waals surface area contributed by atoms with Crippen LogP contribution in [0.1, 0.15) is 32.4 Å². The highest BCUT2D eigenvalue weighted by Gasteiger charge is 2.29. The summed E-state index contributed by atoms with van der Waals surface area (Å²) in [7, 11) is 0. The van der Waals surface area contributed by atoms with Gasteiger partial charge in [0.25, 0.3) is 0 Å². The summed E-state index contributed by atoms with van der Waals surface area (Å²) in [5, 5.41) is 3.43. The van der Waals surface area contributed by atoms with Crippen molar-refractivity contribution in [2.45, 2.75) is 32.7 Å². The van der Waals surface area contributed by atoms with Crippen molar-refractivity contribution in [2.75, 3.05) is 5.32 Å². The molecule has 4 nitrogen and oxygen atoms in total. The van der Waals surface area contributed by atoms with E-state index in [-0.39, 0.29) is 4.99 Å². The van der Waals surface area contributed by atoms with Gasteiger partial charge in [0.1, 0.15) is 16.5 Å². The standard InChI is InChI=1S/C12H18N4S/c1-7-3-4-9(8(7)2)16-11-6-14-10(5-15-11)12(13)17/h5-9H,3-4H2,1-2H3,(H2,13,17)(H,15,16). The van der Waals surface area contributed by atoms with Crippen LogP contribution < -0.4 is 11.1 Å². The predicted octanol–water partition coefficient (Wildman–Crippen LogP) is 1.96. The molecule has 2 rings (SSSR count). The van der Waals surface area contributed by atoms with Gasteiger partial charge < -0.3 is 11.1 Å². The van der Waals surface area contributed by atoms with Crippen molar-refractivity contribution >= 4 is 23.0 Å². The van der Waals surface area contributed by atoms with Gasteiger partial charge in [-0.3, -0.25) is 0 Å². The molecule has 0 aromatic carbocycles. The normalized spacial score (nSPS) is 28.0. The lowest BCUT2D eigenvalue weighted by Gasteiger charge is -2.19. The van der Waals surface area contributed by atoms with Crippen molar-refractivity contribution in [2.24, 2.45) is 17.6 Å². The predicted molar refractivity (Wildman–Crippen MR) is 72.9 cm³/mol. The number of anilines is 1. The lowest BCUT2D eigenvalue weighted by atomic mass is 9.98. The minimum atomic E-state index is 0.284. The molecule has 0 radical (unpaired) electrons. The second-order valence-corrected chi connectivity index (χ2v) is 5.26. The van der Waals surface area contributed by atoms with Gasteiger partial charge in [-0.15, -0.1) is 0 Å². The Morgan fingerprint density at radius 1 is 1.35 bits per heavy atom. The minimum Gasteiger partial charge on any atom is -0.388 e. The van der Waals surface area contributed by atoms with E-state index in [1.807, 2.05) is 0 Å². The van der Waals surface area contributed by atoms with Gasteiger partial charge in [0.05, 0.1) is 12.4 Å². The lowest BCUT2D eigenvalue weighted by Crippen LogP contribution is -2.24. The van der Waals surface area contributed by atoms with Gasteiger partial charge in [-0.1, -0.05) is 26.1 Å². The largest absolute Gasteiger partial charge is 0.388 e. The smallest absolute Gasteiger partial charge is 0.144 e. The first kappa shape index (κ1) is 12.2. The molecule has 0 bridgehead atoms. The fourth-order valence-electron chi connectivity index (χ4n) is 2.29. The number of hydrogen-bond acceptors (Lipinski definition) is 4. The zero-order valence-electron chi connectivity index (χ0n) is 10.2. The summed E-state index contributed by atoms with van der Waals surface area (Å²) in [6, 6.07) is 0.495. The molecule has 0 saturated heterocycles. The molecule has 3 atom stereocenters. The molecule has 0 spiro atoms. The Morgan fingerprint density at radius 3 is 2.59 bits per heavy atom. The number of aromatic nitrogens is 2. The van der Waals surface area contributed by atoms with E-state index in [1.54, 1.807) is 12.4 Å². The Hall–Kier alpha value is -1.23. The van der Waals surface area contributed by atoms with E-state index in [0.29, 0.717) is 17.7 Å². The molecule has 3 unspecified atom stereocenters. The van der Waals surface area contributed by atoms with Crippen LogP contribution in [0.15, 0.2) is 12.4 Å². The molecule has 1 aliphatic carbocycles. The maximum absolute atomic E-state index is 5.48. The van der Waals surface area contributed by atoms with Crippen LogP contribution in [0.3, 0.4) is 0 Å². The fourth-order valence-corrected chi connectivity index (χ4v) is 2.39. The monoisotopic (exact) mass is 250 g/mol. The van der Waals surface area contributed by atoms with E-state index in [9.17, 15) is 0 Å². The average molecular weight is 250 g/mol. The van der Waals surface area contributed by atoms with E-state index in [1.165, 1.54) is 12.8 Å². The Bertz CT molecular complexity index is 403. The van der Waals surface area contributed by atoms with Crippen LogP contribution >= 0.6 is 12.2 Å². The molecule has 0 amide bonds. The Balaban J connectivity index is 2.02. The first-order valence-corrected chi connectivity index (χ1v) is 6.37. The summed E-state index contributed by atoms with van der Waals surface area (Å²) in [5.74, 6) is 2.25. The van der Waals surface area contributed by atoms with Crippen molar-refractivity contribution in [3.05, 3.63) is 18.1 Å². The molecule has 1 fully saturated rings. The van der Waals surface area contributed by atoms with Crippen LogP contribution in [-0.2, 0) is 0 Å². The summed E-state index contributed by atoms with van der Waals surface area (Å²) in [6.07, 6.45) is 5.79. The zero-order valence-corrected chi connectivity index (χ0v) is 11.0. The third-order valence-corrected chi connectivity index (χ3v) is 3.91. The number of nitrogens with two attached hydrogens (primary N) is 1. The summed E-state index contributed by atoms with van der Waals surface area (Å²) < 4.78 is 0.